The van der Waals surface area contributed by atoms with E-state index in [1.165, 1.54) is 4.31 Å². The Morgan fingerprint density at radius 2 is 1.81 bits per heavy atom. The van der Waals surface area contributed by atoms with Crippen LogP contribution in [-0.4, -0.2) is 56.9 Å². The van der Waals surface area contributed by atoms with E-state index >= 15 is 4.39 Å². The van der Waals surface area contributed by atoms with Crippen molar-refractivity contribution in [2.45, 2.75) is 68.7 Å². The zero-order valence-corrected chi connectivity index (χ0v) is 22.3. The topological polar surface area (TPSA) is 66.9 Å². The molecule has 0 aromatic heterocycles. The number of hydrogen-bond acceptors (Lipinski definition) is 4. The molecule has 2 unspecified atom stereocenters. The molecule has 2 atom stereocenters. The number of ether oxygens (including phenoxy) is 1. The molecule has 2 aromatic rings. The van der Waals surface area contributed by atoms with Gasteiger partial charge in [-0.15, -0.1) is 0 Å². The van der Waals surface area contributed by atoms with Crippen molar-refractivity contribution < 1.29 is 22.3 Å². The van der Waals surface area contributed by atoms with Crippen LogP contribution in [0.2, 0.25) is 0 Å². The molecular weight excluding hydrogens is 479 g/mol. The van der Waals surface area contributed by atoms with E-state index in [1.807, 2.05) is 43.3 Å². The van der Waals surface area contributed by atoms with Crippen molar-refractivity contribution in [2.75, 3.05) is 27.3 Å². The van der Waals surface area contributed by atoms with E-state index in [1.54, 1.807) is 31.1 Å². The van der Waals surface area contributed by atoms with Crippen LogP contribution in [0.15, 0.2) is 48.5 Å². The van der Waals surface area contributed by atoms with Crippen molar-refractivity contribution >= 4 is 15.9 Å². The number of carbonyl (C=O) groups is 1. The molecule has 4 rings (SSSR count). The highest BCUT2D eigenvalue weighted by Crippen LogP contribution is 2.41. The van der Waals surface area contributed by atoms with Crippen molar-refractivity contribution in [3.63, 3.8) is 0 Å². The molecule has 1 amide bonds. The van der Waals surface area contributed by atoms with Crippen molar-refractivity contribution in [1.29, 1.82) is 0 Å². The molecule has 0 N–H and O–H groups in total. The van der Waals surface area contributed by atoms with E-state index in [0.717, 1.165) is 30.4 Å². The molecule has 0 aliphatic carbocycles. The summed E-state index contributed by atoms with van der Waals surface area (Å²) in [6, 6.07) is 14.3. The fourth-order valence-corrected chi connectivity index (χ4v) is 7.73. The Labute approximate surface area is 214 Å². The van der Waals surface area contributed by atoms with E-state index in [9.17, 15) is 13.2 Å². The molecule has 2 aliphatic rings. The zero-order valence-electron chi connectivity index (χ0n) is 21.5. The molecule has 2 saturated heterocycles. The fraction of sp³-hybridized carbons (Fsp3) is 0.536. The van der Waals surface area contributed by atoms with Gasteiger partial charge in [0.05, 0.1) is 0 Å². The van der Waals surface area contributed by atoms with E-state index < -0.39 is 21.1 Å². The average Bonchev–Trinajstić information content (AvgIpc) is 2.86. The maximum absolute atomic E-state index is 15.5. The first-order valence-corrected chi connectivity index (χ1v) is 14.3. The fourth-order valence-electron chi connectivity index (χ4n) is 5.54. The van der Waals surface area contributed by atoms with Crippen molar-refractivity contribution in [2.24, 2.45) is 0 Å². The SMILES string of the molecule is CC1CCC(c2ccccc2)S(=O)(=O)N1Cc1ccc(C2(CCC(=O)N(C)C)CCOCC2)cc1F. The van der Waals surface area contributed by atoms with E-state index in [2.05, 4.69) is 0 Å². The van der Waals surface area contributed by atoms with Crippen LogP contribution in [-0.2, 0) is 31.5 Å². The van der Waals surface area contributed by atoms with Gasteiger partial charge in [-0.05, 0) is 56.2 Å². The normalized spacial score (nSPS) is 23.8. The first kappa shape index (κ1) is 26.8. The van der Waals surface area contributed by atoms with Gasteiger partial charge < -0.3 is 9.64 Å². The molecule has 8 heteroatoms. The lowest BCUT2D eigenvalue weighted by Gasteiger charge is -2.39. The molecule has 2 heterocycles. The van der Waals surface area contributed by atoms with Gasteiger partial charge in [-0.3, -0.25) is 4.79 Å². The van der Waals surface area contributed by atoms with Crippen LogP contribution < -0.4 is 0 Å². The Morgan fingerprint density at radius 3 is 2.44 bits per heavy atom. The third-order valence-corrected chi connectivity index (χ3v) is 10.3. The van der Waals surface area contributed by atoms with Gasteiger partial charge in [-0.25, -0.2) is 12.8 Å². The largest absolute Gasteiger partial charge is 0.381 e. The summed E-state index contributed by atoms with van der Waals surface area (Å²) in [5.41, 5.74) is 1.68. The number of carbonyl (C=O) groups excluding carboxylic acids is 1. The molecule has 0 bridgehead atoms. The molecule has 0 spiro atoms. The average molecular weight is 517 g/mol. The van der Waals surface area contributed by atoms with E-state index in [4.69, 9.17) is 4.74 Å². The minimum absolute atomic E-state index is 0.00811. The number of halogens is 1. The van der Waals surface area contributed by atoms with Gasteiger partial charge >= 0.3 is 0 Å². The second-order valence-corrected chi connectivity index (χ2v) is 12.5. The van der Waals surface area contributed by atoms with Crippen LogP contribution in [0.4, 0.5) is 4.39 Å². The van der Waals surface area contributed by atoms with Crippen LogP contribution in [0.25, 0.3) is 0 Å². The summed E-state index contributed by atoms with van der Waals surface area (Å²) in [5.74, 6) is -0.350. The van der Waals surface area contributed by atoms with Gasteiger partial charge in [0.2, 0.25) is 15.9 Å². The van der Waals surface area contributed by atoms with Crippen molar-refractivity contribution in [1.82, 2.24) is 9.21 Å². The predicted molar refractivity (Wildman–Crippen MR) is 138 cm³/mol. The zero-order chi connectivity index (χ0) is 25.9. The molecule has 6 nitrogen and oxygen atoms in total. The summed E-state index contributed by atoms with van der Waals surface area (Å²) in [6.45, 7) is 3.05. The number of hydrogen-bond donors (Lipinski definition) is 0. The van der Waals surface area contributed by atoms with Crippen molar-refractivity contribution in [3.05, 3.63) is 71.0 Å². The Hall–Kier alpha value is -2.29. The van der Waals surface area contributed by atoms with Gasteiger partial charge in [0.1, 0.15) is 11.1 Å². The Morgan fingerprint density at radius 1 is 1.11 bits per heavy atom. The molecule has 0 radical (unpaired) electrons. The second-order valence-electron chi connectivity index (χ2n) is 10.4. The lowest BCUT2D eigenvalue weighted by Crippen LogP contribution is -2.44. The van der Waals surface area contributed by atoms with E-state index in [-0.39, 0.29) is 23.9 Å². The van der Waals surface area contributed by atoms with Gasteiger partial charge in [-0.2, -0.15) is 4.31 Å². The number of nitrogens with zero attached hydrogens (tertiary/aromatic N) is 2. The third-order valence-electron chi connectivity index (χ3n) is 7.95. The first-order valence-electron chi connectivity index (χ1n) is 12.8. The monoisotopic (exact) mass is 516 g/mol. The standard InChI is InChI=1S/C28H37FN2O4S/c1-21-9-12-26(22-7-5-4-6-8-22)36(33,34)31(21)20-23-10-11-24(19-25(23)29)28(15-17-35-18-16-28)14-13-27(32)30(2)3/h4-8,10-11,19,21,26H,9,12-18,20H2,1-3H3. The smallest absolute Gasteiger partial charge is 0.222 e. The van der Waals surface area contributed by atoms with Crippen LogP contribution in [0.1, 0.15) is 67.4 Å². The highest BCUT2D eigenvalue weighted by Gasteiger charge is 2.41. The summed E-state index contributed by atoms with van der Waals surface area (Å²) >= 11 is 0. The Balaban J connectivity index is 1.58. The van der Waals surface area contributed by atoms with Gasteiger partial charge in [0.25, 0.3) is 0 Å². The number of sulfonamides is 1. The predicted octanol–water partition coefficient (Wildman–Crippen LogP) is 4.80. The Bertz CT molecular complexity index is 1160. The second kappa shape index (κ2) is 11.0. The minimum atomic E-state index is -3.64. The summed E-state index contributed by atoms with van der Waals surface area (Å²) in [6.07, 6.45) is 3.75. The highest BCUT2D eigenvalue weighted by molar-refractivity contribution is 7.89. The van der Waals surface area contributed by atoms with Gasteiger partial charge in [-0.1, -0.05) is 42.5 Å². The van der Waals surface area contributed by atoms with Crippen LogP contribution in [0.5, 0.6) is 0 Å². The van der Waals surface area contributed by atoms with Gasteiger partial charge in [0, 0.05) is 57.3 Å². The third kappa shape index (κ3) is 5.50. The number of benzene rings is 2. The molecule has 36 heavy (non-hydrogen) atoms. The number of amides is 1. The maximum atomic E-state index is 15.5. The Kier molecular flexibility index (Phi) is 8.17. The highest BCUT2D eigenvalue weighted by atomic mass is 32.2. The maximum Gasteiger partial charge on any atom is 0.222 e. The molecule has 0 saturated carbocycles. The summed E-state index contributed by atoms with van der Waals surface area (Å²) < 4.78 is 49.7. The quantitative estimate of drug-likeness (QED) is 0.530. The lowest BCUT2D eigenvalue weighted by molar-refractivity contribution is -0.129. The summed E-state index contributed by atoms with van der Waals surface area (Å²) in [4.78, 5) is 13.9. The van der Waals surface area contributed by atoms with Gasteiger partial charge in [0.15, 0.2) is 0 Å². The molecule has 2 fully saturated rings. The van der Waals surface area contributed by atoms with Crippen LogP contribution in [0.3, 0.4) is 0 Å². The van der Waals surface area contributed by atoms with Crippen molar-refractivity contribution in [3.8, 4) is 0 Å². The molecule has 2 aliphatic heterocycles. The molecule has 2 aromatic carbocycles. The summed E-state index contributed by atoms with van der Waals surface area (Å²) in [5, 5.41) is -0.614. The lowest BCUT2D eigenvalue weighted by atomic mass is 9.71. The first-order chi connectivity index (χ1) is 17.1. The minimum Gasteiger partial charge on any atom is -0.381 e. The van der Waals surface area contributed by atoms with Crippen LogP contribution in [0, 0.1) is 5.82 Å². The summed E-state index contributed by atoms with van der Waals surface area (Å²) in [7, 11) is -0.159. The molecular formula is C28H37FN2O4S. The van der Waals surface area contributed by atoms with Crippen LogP contribution >= 0.6 is 0 Å². The molecule has 196 valence electrons. The number of rotatable bonds is 7. The van der Waals surface area contributed by atoms with E-state index in [0.29, 0.717) is 38.0 Å².